The summed E-state index contributed by atoms with van der Waals surface area (Å²) in [7, 11) is 0. The molecule has 1 aliphatic heterocycles. The van der Waals surface area contributed by atoms with E-state index in [2.05, 4.69) is 25.1 Å². The molecule has 1 N–H and O–H groups in total. The molecule has 6 rings (SSSR count). The van der Waals surface area contributed by atoms with Crippen LogP contribution in [-0.2, 0) is 29.7 Å². The standard InChI is InChI=1S/C18H23N5OS/c24-16(15-12-5-6-18(15,10-12)17-19-7-9-25-17)20-11-14-22-21-13-4-2-1-3-8-23(13)14/h7,9,12,15H,1-6,8,10-11H2,(H,20,24). The van der Waals surface area contributed by atoms with Gasteiger partial charge in [-0.3, -0.25) is 4.79 Å². The van der Waals surface area contributed by atoms with E-state index in [1.54, 1.807) is 11.3 Å². The molecule has 0 spiro atoms. The first kappa shape index (κ1) is 15.5. The van der Waals surface area contributed by atoms with Crippen molar-refractivity contribution in [3.05, 3.63) is 28.2 Å². The van der Waals surface area contributed by atoms with E-state index in [1.807, 2.05) is 11.6 Å². The minimum absolute atomic E-state index is 0.00463. The molecule has 132 valence electrons. The Bertz CT molecular complexity index is 781. The minimum Gasteiger partial charge on any atom is -0.349 e. The van der Waals surface area contributed by atoms with Crippen LogP contribution >= 0.6 is 11.3 Å². The van der Waals surface area contributed by atoms with Crippen LogP contribution in [0, 0.1) is 11.8 Å². The van der Waals surface area contributed by atoms with Crippen molar-refractivity contribution in [1.29, 1.82) is 0 Å². The monoisotopic (exact) mass is 357 g/mol. The van der Waals surface area contributed by atoms with Crippen LogP contribution in [0.2, 0.25) is 0 Å². The maximum absolute atomic E-state index is 12.9. The summed E-state index contributed by atoms with van der Waals surface area (Å²) < 4.78 is 2.21. The Hall–Kier alpha value is -1.76. The van der Waals surface area contributed by atoms with Crippen molar-refractivity contribution in [2.24, 2.45) is 11.8 Å². The van der Waals surface area contributed by atoms with Crippen LogP contribution in [0.15, 0.2) is 11.6 Å². The van der Waals surface area contributed by atoms with Gasteiger partial charge in [0.05, 0.1) is 17.5 Å². The molecule has 0 aromatic carbocycles. The van der Waals surface area contributed by atoms with Gasteiger partial charge in [-0.1, -0.05) is 6.42 Å². The van der Waals surface area contributed by atoms with Crippen LogP contribution in [0.4, 0.5) is 0 Å². The van der Waals surface area contributed by atoms with Gasteiger partial charge in [0.2, 0.25) is 5.91 Å². The highest BCUT2D eigenvalue weighted by Crippen LogP contribution is 2.64. The molecule has 25 heavy (non-hydrogen) atoms. The summed E-state index contributed by atoms with van der Waals surface area (Å²) in [4.78, 5) is 17.5. The van der Waals surface area contributed by atoms with Crippen molar-refractivity contribution in [3.8, 4) is 0 Å². The first-order valence-corrected chi connectivity index (χ1v) is 10.2. The number of carbonyl (C=O) groups excluding carboxylic acids is 1. The van der Waals surface area contributed by atoms with Gasteiger partial charge in [-0.15, -0.1) is 21.5 Å². The molecular weight excluding hydrogens is 334 g/mol. The molecule has 2 aromatic heterocycles. The zero-order valence-corrected chi connectivity index (χ0v) is 15.1. The van der Waals surface area contributed by atoms with Gasteiger partial charge >= 0.3 is 0 Å². The lowest BCUT2D eigenvalue weighted by atomic mass is 9.60. The molecule has 6 nitrogen and oxygen atoms in total. The van der Waals surface area contributed by atoms with Crippen molar-refractivity contribution in [2.45, 2.75) is 63.5 Å². The topological polar surface area (TPSA) is 72.7 Å². The van der Waals surface area contributed by atoms with Crippen molar-refractivity contribution in [1.82, 2.24) is 25.1 Å². The van der Waals surface area contributed by atoms with Crippen LogP contribution in [0.3, 0.4) is 0 Å². The molecule has 3 saturated carbocycles. The Kier molecular flexibility index (Phi) is 3.66. The largest absolute Gasteiger partial charge is 0.349 e. The lowest BCUT2D eigenvalue weighted by Gasteiger charge is -2.45. The third-order valence-electron chi connectivity index (χ3n) is 6.40. The Morgan fingerprint density at radius 1 is 1.36 bits per heavy atom. The first-order chi connectivity index (χ1) is 12.3. The molecule has 0 saturated heterocycles. The number of aromatic nitrogens is 4. The maximum Gasteiger partial charge on any atom is 0.224 e. The van der Waals surface area contributed by atoms with E-state index in [0.717, 1.165) is 48.9 Å². The number of rotatable bonds is 4. The summed E-state index contributed by atoms with van der Waals surface area (Å²) in [6.07, 6.45) is 9.84. The number of thiazole rings is 1. The van der Waals surface area contributed by atoms with Crippen molar-refractivity contribution >= 4 is 17.2 Å². The van der Waals surface area contributed by atoms with E-state index in [-0.39, 0.29) is 17.2 Å². The van der Waals surface area contributed by atoms with Crippen molar-refractivity contribution in [2.75, 3.05) is 0 Å². The molecule has 3 fully saturated rings. The van der Waals surface area contributed by atoms with Crippen LogP contribution < -0.4 is 5.32 Å². The summed E-state index contributed by atoms with van der Waals surface area (Å²) >= 11 is 1.70. The zero-order chi connectivity index (χ0) is 16.9. The summed E-state index contributed by atoms with van der Waals surface area (Å²) in [6, 6.07) is 0. The highest BCUT2D eigenvalue weighted by molar-refractivity contribution is 7.09. The highest BCUT2D eigenvalue weighted by atomic mass is 32.1. The molecule has 2 aromatic rings. The predicted molar refractivity (Wildman–Crippen MR) is 94.0 cm³/mol. The fourth-order valence-corrected chi connectivity index (χ4v) is 6.11. The van der Waals surface area contributed by atoms with Crippen molar-refractivity contribution < 1.29 is 4.79 Å². The number of hydrogen-bond acceptors (Lipinski definition) is 5. The number of amides is 1. The molecule has 1 amide bonds. The zero-order valence-electron chi connectivity index (χ0n) is 14.3. The average molecular weight is 357 g/mol. The number of aryl methyl sites for hydroxylation is 1. The van der Waals surface area contributed by atoms with Gasteiger partial charge in [0.15, 0.2) is 5.82 Å². The molecule has 4 aliphatic rings. The van der Waals surface area contributed by atoms with Crippen LogP contribution in [0.5, 0.6) is 0 Å². The molecule has 7 heteroatoms. The molecular formula is C18H23N5OS. The number of carbonyl (C=O) groups is 1. The molecule has 0 radical (unpaired) electrons. The summed E-state index contributed by atoms with van der Waals surface area (Å²) in [5, 5.41) is 15.0. The molecule has 3 unspecified atom stereocenters. The lowest BCUT2D eigenvalue weighted by molar-refractivity contribution is -0.133. The third-order valence-corrected chi connectivity index (χ3v) is 7.39. The SMILES string of the molecule is O=C(NCc1nnc2n1CCCCC2)C1C2CCC1(c1nccs1)C2. The van der Waals surface area contributed by atoms with Gasteiger partial charge in [0.25, 0.3) is 0 Å². The Morgan fingerprint density at radius 2 is 2.32 bits per heavy atom. The van der Waals surface area contributed by atoms with Crippen LogP contribution in [0.1, 0.15) is 55.2 Å². The van der Waals surface area contributed by atoms with Gasteiger partial charge < -0.3 is 9.88 Å². The third kappa shape index (κ3) is 2.35. The molecule has 2 bridgehead atoms. The second-order valence-corrected chi connectivity index (χ2v) is 8.58. The number of nitrogens with one attached hydrogen (secondary N) is 1. The second kappa shape index (κ2) is 5.90. The molecule has 3 atom stereocenters. The minimum atomic E-state index is 0.00463. The van der Waals surface area contributed by atoms with E-state index in [4.69, 9.17) is 0 Å². The van der Waals surface area contributed by atoms with Gasteiger partial charge in [-0.2, -0.15) is 0 Å². The van der Waals surface area contributed by atoms with E-state index in [0.29, 0.717) is 12.5 Å². The Morgan fingerprint density at radius 3 is 3.16 bits per heavy atom. The quantitative estimate of drug-likeness (QED) is 0.912. The molecule has 3 heterocycles. The first-order valence-electron chi connectivity index (χ1n) is 9.36. The van der Waals surface area contributed by atoms with Crippen molar-refractivity contribution in [3.63, 3.8) is 0 Å². The van der Waals surface area contributed by atoms with Crippen LogP contribution in [0.25, 0.3) is 0 Å². The summed E-state index contributed by atoms with van der Waals surface area (Å²) in [5.41, 5.74) is 0.00463. The van der Waals surface area contributed by atoms with Gasteiger partial charge in [-0.25, -0.2) is 4.98 Å². The summed E-state index contributed by atoms with van der Waals surface area (Å²) in [6.45, 7) is 1.46. The smallest absolute Gasteiger partial charge is 0.224 e. The van der Waals surface area contributed by atoms with Gasteiger partial charge in [0.1, 0.15) is 5.82 Å². The Labute approximate surface area is 151 Å². The average Bonchev–Trinajstić information content (AvgIpc) is 3.35. The maximum atomic E-state index is 12.9. The lowest BCUT2D eigenvalue weighted by Crippen LogP contribution is -2.52. The molecule has 3 aliphatic carbocycles. The normalized spacial score (nSPS) is 30.4. The Balaban J connectivity index is 1.30. The predicted octanol–water partition coefficient (Wildman–Crippen LogP) is 2.45. The van der Waals surface area contributed by atoms with Gasteiger partial charge in [0, 0.05) is 30.0 Å². The van der Waals surface area contributed by atoms with E-state index < -0.39 is 0 Å². The number of fused-ring (bicyclic) bond motifs is 2. The van der Waals surface area contributed by atoms with E-state index >= 15 is 0 Å². The number of nitrogens with zero attached hydrogens (tertiary/aromatic N) is 4. The van der Waals surface area contributed by atoms with E-state index in [9.17, 15) is 4.79 Å². The summed E-state index contributed by atoms with van der Waals surface area (Å²) in [5.74, 6) is 2.77. The fourth-order valence-electron chi connectivity index (χ4n) is 5.19. The van der Waals surface area contributed by atoms with Crippen LogP contribution in [-0.4, -0.2) is 25.7 Å². The number of hydrogen-bond donors (Lipinski definition) is 1. The van der Waals surface area contributed by atoms with E-state index in [1.165, 1.54) is 19.3 Å². The fraction of sp³-hybridized carbons (Fsp3) is 0.667. The second-order valence-electron chi connectivity index (χ2n) is 7.69. The highest BCUT2D eigenvalue weighted by Gasteiger charge is 2.64. The van der Waals surface area contributed by atoms with Gasteiger partial charge in [-0.05, 0) is 38.0 Å².